The van der Waals surface area contributed by atoms with Crippen LogP contribution < -0.4 is 0 Å². The predicted molar refractivity (Wildman–Crippen MR) is 111 cm³/mol. The summed E-state index contributed by atoms with van der Waals surface area (Å²) >= 11 is 0. The first-order chi connectivity index (χ1) is 14.1. The highest BCUT2D eigenvalue weighted by Gasteiger charge is 2.42. The molecule has 1 aliphatic carbocycles. The van der Waals surface area contributed by atoms with Crippen molar-refractivity contribution in [1.29, 1.82) is 0 Å². The van der Waals surface area contributed by atoms with Gasteiger partial charge in [0.25, 0.3) is 0 Å². The van der Waals surface area contributed by atoms with Crippen LogP contribution in [0.2, 0.25) is 0 Å². The summed E-state index contributed by atoms with van der Waals surface area (Å²) in [5.41, 5.74) is -1.56. The van der Waals surface area contributed by atoms with Crippen LogP contribution in [0.25, 0.3) is 0 Å². The minimum Gasteiger partial charge on any atom is -0.457 e. The van der Waals surface area contributed by atoms with E-state index >= 15 is 0 Å². The molecular weight excluding hydrogens is 413 g/mol. The quantitative estimate of drug-likeness (QED) is 0.408. The van der Waals surface area contributed by atoms with Gasteiger partial charge in [-0.15, -0.1) is 6.58 Å². The molecule has 2 N–H and O–H groups in total. The number of carbonyl (C=O) groups excluding carboxylic acids is 2. The van der Waals surface area contributed by atoms with Crippen LogP contribution in [0.15, 0.2) is 36.0 Å². The number of rotatable bonds is 9. The Bertz CT molecular complexity index is 736. The van der Waals surface area contributed by atoms with Crippen LogP contribution in [0.3, 0.4) is 0 Å². The molecular formula is C23H33F3O5. The number of aliphatic hydroxyl groups excluding tert-OH is 2. The molecule has 0 aromatic heterocycles. The van der Waals surface area contributed by atoms with Gasteiger partial charge >= 0.3 is 12.1 Å². The molecule has 0 saturated heterocycles. The van der Waals surface area contributed by atoms with Crippen LogP contribution in [0.4, 0.5) is 13.2 Å². The van der Waals surface area contributed by atoms with E-state index in [1.165, 1.54) is 26.0 Å². The van der Waals surface area contributed by atoms with Gasteiger partial charge in [-0.1, -0.05) is 45.9 Å². The Morgan fingerprint density at radius 1 is 1.26 bits per heavy atom. The molecule has 0 radical (unpaired) electrons. The molecule has 5 atom stereocenters. The lowest BCUT2D eigenvalue weighted by Gasteiger charge is -2.33. The van der Waals surface area contributed by atoms with E-state index < -0.39 is 59.6 Å². The second kappa shape index (κ2) is 10.6. The third-order valence-electron chi connectivity index (χ3n) is 6.03. The molecule has 1 rings (SSSR count). The number of halogens is 3. The van der Waals surface area contributed by atoms with Crippen molar-refractivity contribution in [1.82, 2.24) is 0 Å². The second-order valence-corrected chi connectivity index (χ2v) is 8.77. The average molecular weight is 447 g/mol. The van der Waals surface area contributed by atoms with Gasteiger partial charge in [-0.25, -0.2) is 0 Å². The summed E-state index contributed by atoms with van der Waals surface area (Å²) in [6.45, 7) is 11.4. The van der Waals surface area contributed by atoms with Crippen molar-refractivity contribution in [3.63, 3.8) is 0 Å². The second-order valence-electron chi connectivity index (χ2n) is 8.77. The number of esters is 1. The average Bonchev–Trinajstić information content (AvgIpc) is 2.86. The fourth-order valence-electron chi connectivity index (χ4n) is 3.41. The molecule has 0 heterocycles. The Morgan fingerprint density at radius 2 is 1.84 bits per heavy atom. The molecule has 0 aromatic rings. The Labute approximate surface area is 181 Å². The van der Waals surface area contributed by atoms with Gasteiger partial charge in [0, 0.05) is 23.8 Å². The SMILES string of the molecule is C=C[C@H](C)C(O)[C@@H](C)C(=O)C(C)(C)C(O)CC(=O)OC1CC=C(C(F)(F)F)CC=C1C. The van der Waals surface area contributed by atoms with Crippen molar-refractivity contribution in [3.05, 3.63) is 36.0 Å². The van der Waals surface area contributed by atoms with Crippen molar-refractivity contribution in [3.8, 4) is 0 Å². The zero-order valence-electron chi connectivity index (χ0n) is 18.7. The lowest BCUT2D eigenvalue weighted by Crippen LogP contribution is -2.45. The first-order valence-corrected chi connectivity index (χ1v) is 10.3. The van der Waals surface area contributed by atoms with Crippen molar-refractivity contribution in [2.75, 3.05) is 0 Å². The van der Waals surface area contributed by atoms with Crippen LogP contribution in [-0.2, 0) is 14.3 Å². The molecule has 5 nitrogen and oxygen atoms in total. The van der Waals surface area contributed by atoms with Gasteiger partial charge in [0.2, 0.25) is 0 Å². The van der Waals surface area contributed by atoms with Gasteiger partial charge in [0.05, 0.1) is 24.0 Å². The zero-order valence-corrected chi connectivity index (χ0v) is 18.7. The predicted octanol–water partition coefficient (Wildman–Crippen LogP) is 4.29. The van der Waals surface area contributed by atoms with E-state index in [0.717, 1.165) is 6.08 Å². The van der Waals surface area contributed by atoms with Gasteiger partial charge < -0.3 is 14.9 Å². The molecule has 1 aliphatic rings. The number of ether oxygens (including phenoxy) is 1. The molecule has 0 aliphatic heterocycles. The fourth-order valence-corrected chi connectivity index (χ4v) is 3.41. The van der Waals surface area contributed by atoms with Crippen LogP contribution in [0.5, 0.6) is 0 Å². The number of Topliss-reactive ketones (excluding diaryl/α,β-unsaturated/α-hetero) is 1. The van der Waals surface area contributed by atoms with E-state index in [2.05, 4.69) is 6.58 Å². The standard InChI is InChI=1S/C23H33F3O5/c1-7-13(2)20(29)15(4)21(30)22(5,6)18(27)12-19(28)31-17-11-10-16(23(24,25)26)9-8-14(17)3/h7-8,10,13,15,17-18,20,27,29H,1,9,11-12H2,2-6H3/t13-,15+,17?,18?,20?/m0/s1. The van der Waals surface area contributed by atoms with Crippen LogP contribution in [0.1, 0.15) is 53.9 Å². The summed E-state index contributed by atoms with van der Waals surface area (Å²) < 4.78 is 44.1. The molecule has 8 heteroatoms. The minimum absolute atomic E-state index is 0.121. The lowest BCUT2D eigenvalue weighted by molar-refractivity contribution is -0.154. The van der Waals surface area contributed by atoms with Crippen molar-refractivity contribution < 1.29 is 37.7 Å². The maximum absolute atomic E-state index is 12.9. The Morgan fingerprint density at radius 3 is 2.35 bits per heavy atom. The molecule has 31 heavy (non-hydrogen) atoms. The summed E-state index contributed by atoms with van der Waals surface area (Å²) in [6.07, 6.45) is -4.70. The summed E-state index contributed by atoms with van der Waals surface area (Å²) in [5.74, 6) is -2.37. The van der Waals surface area contributed by atoms with Gasteiger partial charge in [-0.2, -0.15) is 13.2 Å². The monoisotopic (exact) mass is 446 g/mol. The van der Waals surface area contributed by atoms with Crippen molar-refractivity contribution >= 4 is 11.8 Å². The van der Waals surface area contributed by atoms with E-state index in [4.69, 9.17) is 4.74 Å². The number of carbonyl (C=O) groups is 2. The number of allylic oxidation sites excluding steroid dienone is 2. The largest absolute Gasteiger partial charge is 0.457 e. The zero-order chi connectivity index (χ0) is 24.1. The normalized spacial score (nSPS) is 21.7. The van der Waals surface area contributed by atoms with E-state index in [9.17, 15) is 33.0 Å². The third-order valence-corrected chi connectivity index (χ3v) is 6.03. The van der Waals surface area contributed by atoms with Crippen LogP contribution in [-0.4, -0.2) is 46.5 Å². The van der Waals surface area contributed by atoms with E-state index in [-0.39, 0.29) is 18.8 Å². The Balaban J connectivity index is 2.81. The Kier molecular flexibility index (Phi) is 9.26. The summed E-state index contributed by atoms with van der Waals surface area (Å²) in [4.78, 5) is 25.2. The number of hydrogen-bond donors (Lipinski definition) is 2. The van der Waals surface area contributed by atoms with Crippen molar-refractivity contribution in [2.45, 2.75) is 78.4 Å². The summed E-state index contributed by atoms with van der Waals surface area (Å²) in [7, 11) is 0. The number of aliphatic hydroxyl groups is 2. The number of alkyl halides is 3. The molecule has 3 unspecified atom stereocenters. The summed E-state index contributed by atoms with van der Waals surface area (Å²) in [5, 5.41) is 20.8. The summed E-state index contributed by atoms with van der Waals surface area (Å²) in [6, 6.07) is 0. The van der Waals surface area contributed by atoms with E-state index in [1.54, 1.807) is 20.8 Å². The highest BCUT2D eigenvalue weighted by atomic mass is 19.4. The first-order valence-electron chi connectivity index (χ1n) is 10.3. The third kappa shape index (κ3) is 7.04. The molecule has 176 valence electrons. The minimum atomic E-state index is -4.44. The van der Waals surface area contributed by atoms with Gasteiger partial charge in [0.15, 0.2) is 0 Å². The maximum Gasteiger partial charge on any atom is 0.412 e. The highest BCUT2D eigenvalue weighted by Crippen LogP contribution is 2.33. The fraction of sp³-hybridized carbons (Fsp3) is 0.652. The molecule has 0 spiro atoms. The van der Waals surface area contributed by atoms with Gasteiger partial charge in [-0.05, 0) is 18.9 Å². The molecule has 0 bridgehead atoms. The maximum atomic E-state index is 12.9. The topological polar surface area (TPSA) is 83.8 Å². The lowest BCUT2D eigenvalue weighted by atomic mass is 9.73. The first kappa shape index (κ1) is 27.1. The number of hydrogen-bond acceptors (Lipinski definition) is 5. The van der Waals surface area contributed by atoms with E-state index in [0.29, 0.717) is 5.57 Å². The smallest absolute Gasteiger partial charge is 0.412 e. The van der Waals surface area contributed by atoms with E-state index in [1.807, 2.05) is 0 Å². The highest BCUT2D eigenvalue weighted by molar-refractivity contribution is 5.88. The molecule has 0 fully saturated rings. The van der Waals surface area contributed by atoms with Crippen molar-refractivity contribution in [2.24, 2.45) is 17.3 Å². The van der Waals surface area contributed by atoms with Gasteiger partial charge in [-0.3, -0.25) is 9.59 Å². The molecule has 0 amide bonds. The van der Waals surface area contributed by atoms with Gasteiger partial charge in [0.1, 0.15) is 11.9 Å². The van der Waals surface area contributed by atoms with Crippen LogP contribution >= 0.6 is 0 Å². The molecule has 0 saturated carbocycles. The molecule has 0 aromatic carbocycles. The Hall–Kier alpha value is -1.93. The van der Waals surface area contributed by atoms with Crippen LogP contribution in [0, 0.1) is 17.3 Å². The number of ketones is 1.